The number of nitrogens with one attached hydrogen (secondary N) is 1. The van der Waals surface area contributed by atoms with Gasteiger partial charge in [-0.25, -0.2) is 0 Å². The van der Waals surface area contributed by atoms with E-state index in [1.165, 1.54) is 0 Å². The number of piperidine rings is 1. The largest absolute Gasteiger partial charge is 0.490 e. The first-order valence-corrected chi connectivity index (χ1v) is 13.4. The van der Waals surface area contributed by atoms with Gasteiger partial charge in [0, 0.05) is 58.7 Å². The lowest BCUT2D eigenvalue weighted by molar-refractivity contribution is -0.130. The number of likely N-dealkylation sites (tertiary alicyclic amines) is 1. The fraction of sp³-hybridized carbons (Fsp3) is 0.483. The first kappa shape index (κ1) is 25.4. The predicted octanol–water partition coefficient (Wildman–Crippen LogP) is 3.45. The van der Waals surface area contributed by atoms with Gasteiger partial charge in [-0.05, 0) is 44.2 Å². The van der Waals surface area contributed by atoms with Crippen LogP contribution in [0.4, 0.5) is 5.69 Å². The quantitative estimate of drug-likeness (QED) is 0.588. The first-order valence-electron chi connectivity index (χ1n) is 13.4. The summed E-state index contributed by atoms with van der Waals surface area (Å²) in [4.78, 5) is 25.5. The molecule has 0 aliphatic carbocycles. The highest BCUT2D eigenvalue weighted by molar-refractivity contribution is 5.93. The molecule has 0 saturated carbocycles. The number of piperazine rings is 1. The van der Waals surface area contributed by atoms with E-state index in [4.69, 9.17) is 14.3 Å². The Morgan fingerprint density at radius 2 is 1.68 bits per heavy atom. The summed E-state index contributed by atoms with van der Waals surface area (Å²) >= 11 is 0. The molecular weight excluding hydrogens is 468 g/mol. The number of rotatable bonds is 8. The van der Waals surface area contributed by atoms with E-state index in [1.807, 2.05) is 53.4 Å². The summed E-state index contributed by atoms with van der Waals surface area (Å²) in [5.74, 6) is 1.83. The van der Waals surface area contributed by atoms with Gasteiger partial charge in [0.1, 0.15) is 29.4 Å². The Bertz CT molecular complexity index is 1060. The van der Waals surface area contributed by atoms with Crippen LogP contribution in [0.3, 0.4) is 0 Å². The SMILES string of the molecule is CC(C)Oc1ccccc1N1CCN(C[C@H]2C=C(C(=O)N3CCC(Oc4ccccc4)CC3)NO2)CC1. The summed E-state index contributed by atoms with van der Waals surface area (Å²) in [7, 11) is 0. The van der Waals surface area contributed by atoms with Crippen LogP contribution in [0.15, 0.2) is 66.4 Å². The Morgan fingerprint density at radius 1 is 0.973 bits per heavy atom. The number of carbonyl (C=O) groups is 1. The highest BCUT2D eigenvalue weighted by atomic mass is 16.7. The molecule has 3 aliphatic rings. The van der Waals surface area contributed by atoms with Crippen molar-refractivity contribution in [3.8, 4) is 11.5 Å². The second kappa shape index (κ2) is 11.9. The molecule has 0 bridgehead atoms. The summed E-state index contributed by atoms with van der Waals surface area (Å²) in [5, 5.41) is 0. The van der Waals surface area contributed by atoms with E-state index >= 15 is 0 Å². The molecule has 2 aromatic rings. The van der Waals surface area contributed by atoms with Crippen LogP contribution in [0.2, 0.25) is 0 Å². The maximum Gasteiger partial charge on any atom is 0.271 e. The molecule has 0 radical (unpaired) electrons. The zero-order valence-corrected chi connectivity index (χ0v) is 21.8. The maximum atomic E-state index is 13.1. The maximum absolute atomic E-state index is 13.1. The molecule has 8 nitrogen and oxygen atoms in total. The molecule has 1 N–H and O–H groups in total. The van der Waals surface area contributed by atoms with E-state index in [1.54, 1.807) is 0 Å². The van der Waals surface area contributed by atoms with E-state index in [0.717, 1.165) is 62.8 Å². The van der Waals surface area contributed by atoms with Crippen molar-refractivity contribution in [3.63, 3.8) is 0 Å². The standard InChI is InChI=1S/C29H38N4O4/c1-22(2)35-28-11-7-6-10-27(28)32-18-16-31(17-19-32)21-25-20-26(30-37-25)29(34)33-14-12-24(13-15-33)36-23-8-4-3-5-9-23/h3-11,20,22,24-25,30H,12-19,21H2,1-2H3/t25-/m1/s1. The number of hydrogen-bond acceptors (Lipinski definition) is 7. The van der Waals surface area contributed by atoms with Gasteiger partial charge in [0.05, 0.1) is 11.8 Å². The Kier molecular flexibility index (Phi) is 8.16. The Hall–Kier alpha value is -3.23. The molecule has 1 atom stereocenters. The van der Waals surface area contributed by atoms with E-state index in [0.29, 0.717) is 18.8 Å². The molecule has 0 spiro atoms. The molecule has 3 aliphatic heterocycles. The normalized spacial score (nSPS) is 21.1. The van der Waals surface area contributed by atoms with Gasteiger partial charge in [0.15, 0.2) is 0 Å². The van der Waals surface area contributed by atoms with Crippen LogP contribution in [-0.4, -0.2) is 79.8 Å². The van der Waals surface area contributed by atoms with Gasteiger partial charge in [0.25, 0.3) is 5.91 Å². The molecule has 0 aromatic heterocycles. The molecule has 0 unspecified atom stereocenters. The van der Waals surface area contributed by atoms with Gasteiger partial charge in [-0.15, -0.1) is 0 Å². The molecular formula is C29H38N4O4. The summed E-state index contributed by atoms with van der Waals surface area (Å²) in [5.41, 5.74) is 4.59. The van der Waals surface area contributed by atoms with Crippen LogP contribution in [-0.2, 0) is 9.63 Å². The fourth-order valence-electron chi connectivity index (χ4n) is 5.13. The Labute approximate surface area is 219 Å². The number of amides is 1. The molecule has 198 valence electrons. The zero-order valence-electron chi connectivity index (χ0n) is 21.8. The van der Waals surface area contributed by atoms with Crippen molar-refractivity contribution >= 4 is 11.6 Å². The summed E-state index contributed by atoms with van der Waals surface area (Å²) in [6, 6.07) is 18.1. The third kappa shape index (κ3) is 6.56. The monoisotopic (exact) mass is 506 g/mol. The highest BCUT2D eigenvalue weighted by Crippen LogP contribution is 2.30. The van der Waals surface area contributed by atoms with Gasteiger partial charge in [-0.2, -0.15) is 0 Å². The second-order valence-corrected chi connectivity index (χ2v) is 10.2. The van der Waals surface area contributed by atoms with Crippen molar-refractivity contribution in [2.24, 2.45) is 0 Å². The summed E-state index contributed by atoms with van der Waals surface area (Å²) in [6.45, 7) is 9.95. The molecule has 37 heavy (non-hydrogen) atoms. The molecule has 2 saturated heterocycles. The number of benzene rings is 2. The van der Waals surface area contributed by atoms with Crippen LogP contribution in [0.1, 0.15) is 26.7 Å². The molecule has 8 heteroatoms. The van der Waals surface area contributed by atoms with Crippen LogP contribution in [0.5, 0.6) is 11.5 Å². The molecule has 1 amide bonds. The Balaban J connectivity index is 1.07. The summed E-state index contributed by atoms with van der Waals surface area (Å²) < 4.78 is 12.1. The van der Waals surface area contributed by atoms with E-state index < -0.39 is 0 Å². The third-order valence-corrected chi connectivity index (χ3v) is 7.06. The van der Waals surface area contributed by atoms with Crippen LogP contribution in [0.25, 0.3) is 0 Å². The van der Waals surface area contributed by atoms with E-state index in [9.17, 15) is 4.79 Å². The minimum absolute atomic E-state index is 0.00670. The average Bonchev–Trinajstić information content (AvgIpc) is 3.38. The number of nitrogens with zero attached hydrogens (tertiary/aromatic N) is 3. The molecule has 2 fully saturated rings. The Morgan fingerprint density at radius 3 is 2.41 bits per heavy atom. The van der Waals surface area contributed by atoms with Crippen molar-refractivity contribution in [1.82, 2.24) is 15.3 Å². The highest BCUT2D eigenvalue weighted by Gasteiger charge is 2.30. The number of para-hydroxylation sites is 3. The number of ether oxygens (including phenoxy) is 2. The lowest BCUT2D eigenvalue weighted by atomic mass is 10.1. The topological polar surface area (TPSA) is 66.5 Å². The van der Waals surface area contributed by atoms with Gasteiger partial charge in [-0.1, -0.05) is 30.3 Å². The van der Waals surface area contributed by atoms with E-state index in [-0.39, 0.29) is 24.2 Å². The fourth-order valence-corrected chi connectivity index (χ4v) is 5.13. The lowest BCUT2D eigenvalue weighted by Gasteiger charge is -2.37. The van der Waals surface area contributed by atoms with Crippen LogP contribution >= 0.6 is 0 Å². The number of hydrogen-bond donors (Lipinski definition) is 1. The molecule has 2 aromatic carbocycles. The zero-order chi connectivity index (χ0) is 25.6. The van der Waals surface area contributed by atoms with Gasteiger partial charge < -0.3 is 19.3 Å². The van der Waals surface area contributed by atoms with Crippen molar-refractivity contribution in [1.29, 1.82) is 0 Å². The van der Waals surface area contributed by atoms with Crippen molar-refractivity contribution in [2.75, 3.05) is 50.7 Å². The third-order valence-electron chi connectivity index (χ3n) is 7.06. The second-order valence-electron chi connectivity index (χ2n) is 10.2. The average molecular weight is 507 g/mol. The number of carbonyl (C=O) groups excluding carboxylic acids is 1. The molecule has 3 heterocycles. The number of anilines is 1. The molecule has 5 rings (SSSR count). The van der Waals surface area contributed by atoms with Gasteiger partial charge in [0.2, 0.25) is 0 Å². The van der Waals surface area contributed by atoms with Crippen molar-refractivity contribution < 1.29 is 19.1 Å². The van der Waals surface area contributed by atoms with Gasteiger partial charge in [-0.3, -0.25) is 20.0 Å². The van der Waals surface area contributed by atoms with Crippen LogP contribution in [0, 0.1) is 0 Å². The first-order chi connectivity index (χ1) is 18.0. The summed E-state index contributed by atoms with van der Waals surface area (Å²) in [6.07, 6.45) is 3.74. The van der Waals surface area contributed by atoms with Gasteiger partial charge >= 0.3 is 0 Å². The van der Waals surface area contributed by atoms with Crippen molar-refractivity contribution in [2.45, 2.75) is 45.0 Å². The number of hydroxylamine groups is 1. The van der Waals surface area contributed by atoms with E-state index in [2.05, 4.69) is 41.3 Å². The van der Waals surface area contributed by atoms with Crippen molar-refractivity contribution in [3.05, 3.63) is 66.4 Å². The smallest absolute Gasteiger partial charge is 0.271 e. The van der Waals surface area contributed by atoms with Crippen LogP contribution < -0.4 is 19.9 Å². The minimum Gasteiger partial charge on any atom is -0.490 e. The predicted molar refractivity (Wildman–Crippen MR) is 144 cm³/mol. The minimum atomic E-state index is -0.138. The lowest BCUT2D eigenvalue weighted by Crippen LogP contribution is -2.48.